The molecule has 1 N–H and O–H groups in total. The average Bonchev–Trinajstić information content (AvgIpc) is 2.58. The maximum absolute atomic E-state index is 13.9. The van der Waals surface area contributed by atoms with Gasteiger partial charge in [0.1, 0.15) is 19.3 Å². The maximum atomic E-state index is 13.9. The molecule has 7 nitrogen and oxygen atoms in total. The van der Waals surface area contributed by atoms with E-state index in [4.69, 9.17) is 4.74 Å². The molecule has 1 amide bonds. The number of amides is 1. The first-order valence-electron chi connectivity index (χ1n) is 7.48. The molecule has 0 saturated carbocycles. The Bertz CT molecular complexity index is 576. The van der Waals surface area contributed by atoms with Gasteiger partial charge in [0.2, 0.25) is 5.91 Å². The van der Waals surface area contributed by atoms with Crippen molar-refractivity contribution >= 4 is 5.91 Å². The summed E-state index contributed by atoms with van der Waals surface area (Å²) in [4.78, 5) is 23.2. The molecule has 0 aliphatic carbocycles. The van der Waals surface area contributed by atoms with Gasteiger partial charge in [-0.2, -0.15) is 0 Å². The number of carbonyl (C=O) groups excluding carboxylic acids is 1. The minimum atomic E-state index is -0.577. The predicted octanol–water partition coefficient (Wildman–Crippen LogP) is 0.0624. The Balaban J connectivity index is 1.84. The fourth-order valence-electron chi connectivity index (χ4n) is 3.00. The van der Waals surface area contributed by atoms with Crippen molar-refractivity contribution in [2.45, 2.75) is 24.8 Å². The summed E-state index contributed by atoms with van der Waals surface area (Å²) in [7, 11) is 1.65. The van der Waals surface area contributed by atoms with Crippen LogP contribution in [0.15, 0.2) is 12.5 Å². The summed E-state index contributed by atoms with van der Waals surface area (Å²) in [6.45, 7) is 0.641. The zero-order valence-electron chi connectivity index (χ0n) is 12.8. The van der Waals surface area contributed by atoms with Crippen LogP contribution in [0, 0.1) is 5.82 Å². The van der Waals surface area contributed by atoms with Crippen LogP contribution in [0.3, 0.4) is 0 Å². The number of morpholine rings is 1. The number of hydrogen-bond donors (Lipinski definition) is 1. The molecule has 2 unspecified atom stereocenters. The molecule has 3 atom stereocenters. The van der Waals surface area contributed by atoms with Crippen LogP contribution in [0.2, 0.25) is 0 Å². The number of rotatable bonds is 3. The molecule has 126 valence electrons. The summed E-state index contributed by atoms with van der Waals surface area (Å²) in [5, 5.41) is 3.20. The van der Waals surface area contributed by atoms with Gasteiger partial charge < -0.3 is 9.64 Å². The van der Waals surface area contributed by atoms with Gasteiger partial charge in [0, 0.05) is 20.0 Å². The molecule has 1 aromatic rings. The molecule has 2 aliphatic rings. The molecule has 0 radical (unpaired) electrons. The molecule has 23 heavy (non-hydrogen) atoms. The zero-order valence-corrected chi connectivity index (χ0v) is 12.8. The van der Waals surface area contributed by atoms with Crippen molar-refractivity contribution < 1.29 is 18.3 Å². The number of nitrogens with one attached hydrogen (secondary N) is 1. The molecule has 1 aromatic heterocycles. The summed E-state index contributed by atoms with van der Waals surface area (Å²) in [6, 6.07) is -1.01. The molecule has 0 spiro atoms. The average molecular weight is 327 g/mol. The van der Waals surface area contributed by atoms with Gasteiger partial charge in [-0.1, -0.05) is 0 Å². The Hall–Kier alpha value is -1.71. The molecular formula is C14H19F2N5O2. The largest absolute Gasteiger partial charge is 0.378 e. The van der Waals surface area contributed by atoms with E-state index in [9.17, 15) is 13.6 Å². The standard InChI is InChI=1S/C14H19F2N5O2/c1-20-12(22)4-11(13-10(16)6-17-8-18-13)19-14(20)21-2-3-23-7-9(21)5-15/h6,8-9,11,14,19H,2-5,7H2,1H3/t9-,11?,14?/m1/s1. The first-order chi connectivity index (χ1) is 11.1. The summed E-state index contributed by atoms with van der Waals surface area (Å²) in [6.07, 6.45) is 1.88. The molecule has 3 heterocycles. The highest BCUT2D eigenvalue weighted by molar-refractivity contribution is 5.77. The van der Waals surface area contributed by atoms with Crippen molar-refractivity contribution in [3.05, 3.63) is 24.0 Å². The summed E-state index contributed by atoms with van der Waals surface area (Å²) >= 11 is 0. The third kappa shape index (κ3) is 3.17. The molecular weight excluding hydrogens is 308 g/mol. The first kappa shape index (κ1) is 16.2. The molecule has 2 fully saturated rings. The zero-order chi connectivity index (χ0) is 16.4. The Labute approximate surface area is 132 Å². The molecule has 2 aliphatic heterocycles. The van der Waals surface area contributed by atoms with Crippen molar-refractivity contribution in [2.75, 3.05) is 33.5 Å². The van der Waals surface area contributed by atoms with Crippen molar-refractivity contribution in [1.82, 2.24) is 25.1 Å². The van der Waals surface area contributed by atoms with Crippen LogP contribution in [-0.4, -0.2) is 71.5 Å². The second kappa shape index (κ2) is 6.81. The summed E-state index contributed by atoms with van der Waals surface area (Å²) < 4.78 is 32.5. The van der Waals surface area contributed by atoms with Crippen LogP contribution in [0.4, 0.5) is 8.78 Å². The lowest BCUT2D eigenvalue weighted by Gasteiger charge is -2.47. The molecule has 0 bridgehead atoms. The molecule has 0 aromatic carbocycles. The number of halogens is 2. The van der Waals surface area contributed by atoms with Crippen molar-refractivity contribution in [3.8, 4) is 0 Å². The SMILES string of the molecule is CN1C(=O)CC(c2ncncc2F)NC1N1CCOC[C@H]1CF. The summed E-state index contributed by atoms with van der Waals surface area (Å²) in [5.41, 5.74) is 0.150. The van der Waals surface area contributed by atoms with Gasteiger partial charge in [-0.25, -0.2) is 18.7 Å². The highest BCUT2D eigenvalue weighted by Crippen LogP contribution is 2.26. The van der Waals surface area contributed by atoms with Crippen LogP contribution in [0.5, 0.6) is 0 Å². The number of nitrogens with zero attached hydrogens (tertiary/aromatic N) is 4. The maximum Gasteiger partial charge on any atom is 0.226 e. The smallest absolute Gasteiger partial charge is 0.226 e. The number of aromatic nitrogens is 2. The van der Waals surface area contributed by atoms with Crippen LogP contribution < -0.4 is 5.32 Å². The lowest BCUT2D eigenvalue weighted by atomic mass is 10.1. The van der Waals surface area contributed by atoms with Crippen molar-refractivity contribution in [2.24, 2.45) is 0 Å². The normalized spacial score (nSPS) is 29.8. The number of hydrogen-bond acceptors (Lipinski definition) is 6. The van der Waals surface area contributed by atoms with Gasteiger partial charge in [0.05, 0.1) is 37.2 Å². The fraction of sp³-hybridized carbons (Fsp3) is 0.643. The fourth-order valence-corrected chi connectivity index (χ4v) is 3.00. The summed E-state index contributed by atoms with van der Waals surface area (Å²) in [5.74, 6) is -0.717. The van der Waals surface area contributed by atoms with E-state index in [2.05, 4.69) is 15.3 Å². The Kier molecular flexibility index (Phi) is 4.79. The van der Waals surface area contributed by atoms with Crippen LogP contribution in [0.1, 0.15) is 18.2 Å². The highest BCUT2D eigenvalue weighted by atomic mass is 19.1. The van der Waals surface area contributed by atoms with E-state index in [1.165, 1.54) is 11.2 Å². The molecule has 2 saturated heterocycles. The van der Waals surface area contributed by atoms with E-state index in [0.29, 0.717) is 13.2 Å². The highest BCUT2D eigenvalue weighted by Gasteiger charge is 2.40. The van der Waals surface area contributed by atoms with Crippen LogP contribution >= 0.6 is 0 Å². The monoisotopic (exact) mass is 327 g/mol. The van der Waals surface area contributed by atoms with Gasteiger partial charge in [-0.05, 0) is 0 Å². The predicted molar refractivity (Wildman–Crippen MR) is 76.3 cm³/mol. The van der Waals surface area contributed by atoms with Crippen molar-refractivity contribution in [1.29, 1.82) is 0 Å². The van der Waals surface area contributed by atoms with Gasteiger partial charge in [0.25, 0.3) is 0 Å². The quantitative estimate of drug-likeness (QED) is 0.847. The van der Waals surface area contributed by atoms with E-state index >= 15 is 0 Å². The number of ether oxygens (including phenoxy) is 1. The Morgan fingerprint density at radius 1 is 1.52 bits per heavy atom. The first-order valence-corrected chi connectivity index (χ1v) is 7.48. The second-order valence-electron chi connectivity index (χ2n) is 5.68. The van der Waals surface area contributed by atoms with Crippen molar-refractivity contribution in [3.63, 3.8) is 0 Å². The Morgan fingerprint density at radius 2 is 2.35 bits per heavy atom. The topological polar surface area (TPSA) is 70.6 Å². The van der Waals surface area contributed by atoms with E-state index in [1.807, 2.05) is 4.90 Å². The van der Waals surface area contributed by atoms with E-state index in [1.54, 1.807) is 7.05 Å². The minimum absolute atomic E-state index is 0.0889. The third-order valence-corrected chi connectivity index (χ3v) is 4.28. The lowest BCUT2D eigenvalue weighted by Crippen LogP contribution is -2.66. The van der Waals surface area contributed by atoms with Gasteiger partial charge in [0.15, 0.2) is 5.82 Å². The number of alkyl halides is 1. The lowest BCUT2D eigenvalue weighted by molar-refractivity contribution is -0.151. The second-order valence-corrected chi connectivity index (χ2v) is 5.68. The van der Waals surface area contributed by atoms with Gasteiger partial charge >= 0.3 is 0 Å². The third-order valence-electron chi connectivity index (χ3n) is 4.28. The van der Waals surface area contributed by atoms with Gasteiger partial charge in [-0.3, -0.25) is 15.0 Å². The van der Waals surface area contributed by atoms with E-state index in [-0.39, 0.29) is 24.6 Å². The van der Waals surface area contributed by atoms with Crippen LogP contribution in [-0.2, 0) is 9.53 Å². The molecule has 9 heteroatoms. The number of carbonyl (C=O) groups is 1. The van der Waals surface area contributed by atoms with Gasteiger partial charge in [-0.15, -0.1) is 0 Å². The van der Waals surface area contributed by atoms with Crippen LogP contribution in [0.25, 0.3) is 0 Å². The Morgan fingerprint density at radius 3 is 3.09 bits per heavy atom. The van der Waals surface area contributed by atoms with E-state index in [0.717, 1.165) is 6.20 Å². The minimum Gasteiger partial charge on any atom is -0.378 e. The van der Waals surface area contributed by atoms with E-state index < -0.39 is 30.9 Å². The molecule has 3 rings (SSSR count).